The Labute approximate surface area is 182 Å². The summed E-state index contributed by atoms with van der Waals surface area (Å²) in [5.74, 6) is 1.14. The summed E-state index contributed by atoms with van der Waals surface area (Å²) in [6.45, 7) is 2.75. The number of benzene rings is 2. The van der Waals surface area contributed by atoms with Crippen molar-refractivity contribution >= 4 is 21.9 Å². The van der Waals surface area contributed by atoms with Gasteiger partial charge in [0.2, 0.25) is 15.9 Å². The molecule has 0 unspecified atom stereocenters. The van der Waals surface area contributed by atoms with Crippen molar-refractivity contribution in [2.45, 2.75) is 30.4 Å². The lowest BCUT2D eigenvalue weighted by atomic mass is 9.97. The molecule has 0 radical (unpaired) electrons. The van der Waals surface area contributed by atoms with E-state index in [0.717, 1.165) is 12.7 Å². The Morgan fingerprint density at radius 3 is 2.29 bits per heavy atom. The minimum atomic E-state index is -4.15. The predicted octanol–water partition coefficient (Wildman–Crippen LogP) is 1.40. The van der Waals surface area contributed by atoms with Crippen LogP contribution in [0.1, 0.15) is 12.5 Å². The molecule has 0 saturated heterocycles. The average Bonchev–Trinajstić information content (AvgIpc) is 2.76. The minimum absolute atomic E-state index is 0.0528. The lowest BCUT2D eigenvalue weighted by molar-refractivity contribution is -0.141. The first kappa shape index (κ1) is 23.9. The molecule has 2 atom stereocenters. The summed E-state index contributed by atoms with van der Waals surface area (Å²) in [6.07, 6.45) is 5.67. The number of amides is 1. The number of methoxy groups -OCH3 is 1. The molecule has 2 rings (SSSR count). The lowest BCUT2D eigenvalue weighted by Gasteiger charge is -2.33. The quantitative estimate of drug-likeness (QED) is 0.447. The van der Waals surface area contributed by atoms with Crippen molar-refractivity contribution in [2.75, 3.05) is 13.7 Å². The van der Waals surface area contributed by atoms with E-state index < -0.39 is 40.1 Å². The van der Waals surface area contributed by atoms with Gasteiger partial charge in [0.25, 0.3) is 0 Å². The zero-order valence-corrected chi connectivity index (χ0v) is 18.2. The summed E-state index contributed by atoms with van der Waals surface area (Å²) in [4.78, 5) is 24.3. The number of nitrogens with one attached hydrogen (secondary N) is 2. The smallest absolute Gasteiger partial charge is 0.325 e. The maximum Gasteiger partial charge on any atom is 0.325 e. The number of rotatable bonds is 9. The number of terminal acetylenes is 1. The van der Waals surface area contributed by atoms with E-state index in [1.165, 1.54) is 19.1 Å². The summed E-state index contributed by atoms with van der Waals surface area (Å²) < 4.78 is 38.6. The van der Waals surface area contributed by atoms with Gasteiger partial charge in [-0.25, -0.2) is 8.42 Å². The lowest BCUT2D eigenvalue weighted by Crippen LogP contribution is -2.61. The van der Waals surface area contributed by atoms with Gasteiger partial charge in [0.05, 0.1) is 12.0 Å². The van der Waals surface area contributed by atoms with Crippen LogP contribution in [-0.2, 0) is 24.3 Å². The van der Waals surface area contributed by atoms with Gasteiger partial charge in [-0.05, 0) is 38.1 Å². The van der Waals surface area contributed by atoms with Gasteiger partial charge in [0, 0.05) is 0 Å². The van der Waals surface area contributed by atoms with Crippen LogP contribution in [0.5, 0.6) is 5.75 Å². The molecule has 164 valence electrons. The van der Waals surface area contributed by atoms with Crippen molar-refractivity contribution in [1.29, 1.82) is 0 Å². The highest BCUT2D eigenvalue weighted by Crippen LogP contribution is 2.23. The highest BCUT2D eigenvalue weighted by molar-refractivity contribution is 7.89. The van der Waals surface area contributed by atoms with E-state index in [2.05, 4.69) is 20.7 Å². The molecular weight excluding hydrogens is 420 g/mol. The number of ether oxygens (including phenoxy) is 2. The topological polar surface area (TPSA) is 111 Å². The first-order valence-corrected chi connectivity index (χ1v) is 10.7. The third kappa shape index (κ3) is 6.31. The average molecular weight is 445 g/mol. The van der Waals surface area contributed by atoms with Gasteiger partial charge < -0.3 is 14.8 Å². The highest BCUT2D eigenvalue weighted by Gasteiger charge is 2.43. The normalized spacial score (nSPS) is 13.9. The van der Waals surface area contributed by atoms with E-state index in [9.17, 15) is 18.0 Å². The molecule has 0 heterocycles. The van der Waals surface area contributed by atoms with Gasteiger partial charge in [0.15, 0.2) is 11.6 Å². The molecule has 0 spiro atoms. The van der Waals surface area contributed by atoms with Crippen LogP contribution in [0.4, 0.5) is 0 Å². The molecule has 2 aromatic carbocycles. The number of carbonyl (C=O) groups is 2. The Bertz CT molecular complexity index is 1060. The number of sulfonamides is 1. The van der Waals surface area contributed by atoms with Crippen molar-refractivity contribution < 1.29 is 27.5 Å². The van der Waals surface area contributed by atoms with Crippen LogP contribution >= 0.6 is 0 Å². The Morgan fingerprint density at radius 1 is 1.13 bits per heavy atom. The highest BCUT2D eigenvalue weighted by atomic mass is 32.2. The Balaban J connectivity index is 2.41. The summed E-state index contributed by atoms with van der Waals surface area (Å²) in [5.41, 5.74) is -0.855. The molecule has 0 fully saturated rings. The summed E-state index contributed by atoms with van der Waals surface area (Å²) >= 11 is 0. The fraction of sp³-hybridized carbons (Fsp3) is 0.273. The van der Waals surface area contributed by atoms with Crippen molar-refractivity contribution in [2.24, 2.45) is 0 Å². The van der Waals surface area contributed by atoms with Crippen molar-refractivity contribution in [1.82, 2.24) is 10.0 Å². The monoisotopic (exact) mass is 444 g/mol. The standard InChI is InChI=1S/C22H24N2O6S/c1-5-22(3,30-17-9-7-6-8-10-17)20(21(26)23-15-19(25)29-4)24-31(27,28)18-13-11-16(2)12-14-18/h1,6-14,20,24H,15H2,2-4H3,(H,23,26)/t20-,22-/m1/s1. The fourth-order valence-electron chi connectivity index (χ4n) is 2.60. The maximum atomic E-state index is 13.0. The fourth-order valence-corrected chi connectivity index (χ4v) is 3.87. The molecule has 0 aliphatic heterocycles. The molecule has 0 aliphatic rings. The van der Waals surface area contributed by atoms with E-state index in [4.69, 9.17) is 11.2 Å². The third-order valence-corrected chi connectivity index (χ3v) is 5.85. The molecule has 0 aromatic heterocycles. The Hall–Kier alpha value is -3.35. The number of hydrogen-bond acceptors (Lipinski definition) is 6. The molecule has 0 saturated carbocycles. The number of aryl methyl sites for hydroxylation is 1. The van der Waals surface area contributed by atoms with Crippen LogP contribution in [0, 0.1) is 19.3 Å². The number of hydrogen-bond donors (Lipinski definition) is 2. The van der Waals surface area contributed by atoms with Crippen LogP contribution < -0.4 is 14.8 Å². The van der Waals surface area contributed by atoms with E-state index in [1.807, 2.05) is 6.92 Å². The SMILES string of the molecule is C#C[C@@](C)(Oc1ccccc1)[C@H](NS(=O)(=O)c1ccc(C)cc1)C(=O)NCC(=O)OC. The first-order chi connectivity index (χ1) is 14.6. The van der Waals surface area contributed by atoms with E-state index in [0.29, 0.717) is 5.75 Å². The van der Waals surface area contributed by atoms with Crippen LogP contribution in [0.2, 0.25) is 0 Å². The van der Waals surface area contributed by atoms with Gasteiger partial charge in [-0.1, -0.05) is 41.8 Å². The van der Waals surface area contributed by atoms with Gasteiger partial charge in [0.1, 0.15) is 12.3 Å². The van der Waals surface area contributed by atoms with E-state index in [1.54, 1.807) is 42.5 Å². The molecule has 2 N–H and O–H groups in total. The van der Waals surface area contributed by atoms with Crippen LogP contribution in [0.25, 0.3) is 0 Å². The van der Waals surface area contributed by atoms with E-state index >= 15 is 0 Å². The zero-order chi connectivity index (χ0) is 23.1. The van der Waals surface area contributed by atoms with Crippen LogP contribution in [-0.4, -0.2) is 45.6 Å². The second-order valence-electron chi connectivity index (χ2n) is 6.83. The summed E-state index contributed by atoms with van der Waals surface area (Å²) in [7, 11) is -2.99. The number of para-hydroxylation sites is 1. The van der Waals surface area contributed by atoms with Gasteiger partial charge in [-0.2, -0.15) is 4.72 Å². The van der Waals surface area contributed by atoms with Gasteiger partial charge in [-0.3, -0.25) is 9.59 Å². The van der Waals surface area contributed by atoms with Crippen molar-refractivity contribution in [3.05, 3.63) is 60.2 Å². The molecule has 0 aliphatic carbocycles. The molecule has 9 heteroatoms. The summed E-state index contributed by atoms with van der Waals surface area (Å²) in [5, 5.41) is 2.33. The second-order valence-corrected chi connectivity index (χ2v) is 8.54. The largest absolute Gasteiger partial charge is 0.473 e. The predicted molar refractivity (Wildman–Crippen MR) is 115 cm³/mol. The summed E-state index contributed by atoms with van der Waals surface area (Å²) in [6, 6.07) is 12.9. The third-order valence-electron chi connectivity index (χ3n) is 4.41. The molecular formula is C22H24N2O6S. The van der Waals surface area contributed by atoms with Gasteiger partial charge >= 0.3 is 5.97 Å². The van der Waals surface area contributed by atoms with Crippen LogP contribution in [0.3, 0.4) is 0 Å². The first-order valence-electron chi connectivity index (χ1n) is 9.26. The number of esters is 1. The van der Waals surface area contributed by atoms with Crippen molar-refractivity contribution in [3.8, 4) is 18.1 Å². The van der Waals surface area contributed by atoms with Crippen LogP contribution in [0.15, 0.2) is 59.5 Å². The minimum Gasteiger partial charge on any atom is -0.473 e. The molecule has 8 nitrogen and oxygen atoms in total. The Kier molecular flexibility index (Phi) is 7.80. The molecule has 1 amide bonds. The maximum absolute atomic E-state index is 13.0. The van der Waals surface area contributed by atoms with E-state index in [-0.39, 0.29) is 4.90 Å². The zero-order valence-electron chi connectivity index (χ0n) is 17.4. The molecule has 31 heavy (non-hydrogen) atoms. The molecule has 2 aromatic rings. The number of carbonyl (C=O) groups excluding carboxylic acids is 2. The van der Waals surface area contributed by atoms with Crippen molar-refractivity contribution in [3.63, 3.8) is 0 Å². The van der Waals surface area contributed by atoms with Gasteiger partial charge in [-0.15, -0.1) is 6.42 Å². The Morgan fingerprint density at radius 2 is 1.74 bits per heavy atom. The molecule has 0 bridgehead atoms. The second kappa shape index (κ2) is 10.1.